The first-order valence-corrected chi connectivity index (χ1v) is 9.12. The van der Waals surface area contributed by atoms with Crippen LogP contribution >= 0.6 is 0 Å². The third-order valence-corrected chi connectivity index (χ3v) is 6.41. The molecule has 118 valence electrons. The number of sulfonamides is 1. The Bertz CT molecular complexity index is 625. The van der Waals surface area contributed by atoms with E-state index in [4.69, 9.17) is 5.73 Å². The van der Waals surface area contributed by atoms with E-state index in [1.165, 1.54) is 4.31 Å². The summed E-state index contributed by atoms with van der Waals surface area (Å²) in [7, 11) is -1.79. The predicted octanol–water partition coefficient (Wildman–Crippen LogP) is 2.67. The average Bonchev–Trinajstić information content (AvgIpc) is 3.12. The molecule has 1 aromatic carbocycles. The maximum absolute atomic E-state index is 12.9. The predicted molar refractivity (Wildman–Crippen MR) is 86.7 cm³/mol. The third kappa shape index (κ3) is 3.24. The molecule has 0 saturated heterocycles. The molecule has 0 radical (unpaired) electrons. The van der Waals surface area contributed by atoms with Gasteiger partial charge in [-0.1, -0.05) is 20.8 Å². The summed E-state index contributed by atoms with van der Waals surface area (Å²) in [5, 5.41) is 0. The number of hydrogen-bond donors (Lipinski definition) is 1. The van der Waals surface area contributed by atoms with Crippen LogP contribution in [-0.2, 0) is 22.9 Å². The number of nitrogen functional groups attached to an aromatic ring is 1. The smallest absolute Gasteiger partial charge is 0.243 e. The van der Waals surface area contributed by atoms with Gasteiger partial charge in [0.05, 0.1) is 4.90 Å². The molecule has 2 unspecified atom stereocenters. The van der Waals surface area contributed by atoms with Crippen molar-refractivity contribution in [2.24, 2.45) is 11.8 Å². The van der Waals surface area contributed by atoms with E-state index in [-0.39, 0.29) is 0 Å². The van der Waals surface area contributed by atoms with Crippen molar-refractivity contribution in [3.05, 3.63) is 23.3 Å². The highest BCUT2D eigenvalue weighted by Gasteiger charge is 2.36. The first-order chi connectivity index (χ1) is 9.81. The zero-order valence-corrected chi connectivity index (χ0v) is 14.2. The van der Waals surface area contributed by atoms with Gasteiger partial charge in [0, 0.05) is 19.3 Å². The lowest BCUT2D eigenvalue weighted by atomic mass is 10.1. The van der Waals surface area contributed by atoms with Gasteiger partial charge in [0.15, 0.2) is 0 Å². The Kier molecular flexibility index (Phi) is 4.63. The number of aryl methyl sites for hydroxylation is 1. The van der Waals surface area contributed by atoms with Crippen LogP contribution in [0.2, 0.25) is 0 Å². The highest BCUT2D eigenvalue weighted by atomic mass is 32.2. The number of nitrogens with zero attached hydrogens (tertiary/aromatic N) is 1. The lowest BCUT2D eigenvalue weighted by Gasteiger charge is -2.21. The van der Waals surface area contributed by atoms with Crippen LogP contribution in [0.15, 0.2) is 17.0 Å². The molecular formula is C16H26N2O2S. The number of nitrogens with two attached hydrogens (primary N) is 1. The van der Waals surface area contributed by atoms with Gasteiger partial charge in [0.2, 0.25) is 10.0 Å². The first-order valence-electron chi connectivity index (χ1n) is 7.68. The van der Waals surface area contributed by atoms with Crippen molar-refractivity contribution >= 4 is 15.7 Å². The van der Waals surface area contributed by atoms with E-state index >= 15 is 0 Å². The summed E-state index contributed by atoms with van der Waals surface area (Å²) >= 11 is 0. The molecular weight excluding hydrogens is 284 g/mol. The Morgan fingerprint density at radius 1 is 1.29 bits per heavy atom. The van der Waals surface area contributed by atoms with E-state index in [1.807, 2.05) is 19.9 Å². The Labute approximate surface area is 128 Å². The molecule has 2 N–H and O–H groups in total. The molecule has 5 heteroatoms. The number of hydrogen-bond acceptors (Lipinski definition) is 3. The van der Waals surface area contributed by atoms with Gasteiger partial charge in [-0.2, -0.15) is 0 Å². The van der Waals surface area contributed by atoms with Gasteiger partial charge in [0.1, 0.15) is 0 Å². The fourth-order valence-electron chi connectivity index (χ4n) is 2.79. The molecule has 0 bridgehead atoms. The van der Waals surface area contributed by atoms with Crippen LogP contribution in [0.3, 0.4) is 0 Å². The topological polar surface area (TPSA) is 63.4 Å². The van der Waals surface area contributed by atoms with Crippen LogP contribution in [0.5, 0.6) is 0 Å². The van der Waals surface area contributed by atoms with E-state index < -0.39 is 10.0 Å². The molecule has 1 fully saturated rings. The van der Waals surface area contributed by atoms with Crippen molar-refractivity contribution in [2.75, 3.05) is 19.3 Å². The fraction of sp³-hybridized carbons (Fsp3) is 0.625. The second kappa shape index (κ2) is 5.97. The number of benzene rings is 1. The summed E-state index contributed by atoms with van der Waals surface area (Å²) in [4.78, 5) is 0.387. The summed E-state index contributed by atoms with van der Waals surface area (Å²) in [6, 6.07) is 3.68. The molecule has 0 spiro atoms. The molecule has 2 atom stereocenters. The zero-order chi connectivity index (χ0) is 15.8. The van der Waals surface area contributed by atoms with Crippen LogP contribution in [0.25, 0.3) is 0 Å². The van der Waals surface area contributed by atoms with Crippen molar-refractivity contribution in [2.45, 2.75) is 44.9 Å². The molecule has 1 aliphatic rings. The minimum atomic E-state index is -3.46. The SMILES string of the molecule is CCc1cc(N)c(CC)c(S(=O)(=O)N(C)CC2CC2C)c1. The zero-order valence-electron chi connectivity index (χ0n) is 13.4. The van der Waals surface area contributed by atoms with Crippen LogP contribution in [-0.4, -0.2) is 26.3 Å². The largest absolute Gasteiger partial charge is 0.398 e. The third-order valence-electron chi connectivity index (χ3n) is 4.52. The van der Waals surface area contributed by atoms with Crippen LogP contribution in [0.1, 0.15) is 38.3 Å². The molecule has 0 aromatic heterocycles. The molecule has 0 heterocycles. The Balaban J connectivity index is 2.40. The highest BCUT2D eigenvalue weighted by molar-refractivity contribution is 7.89. The molecule has 0 aliphatic heterocycles. The Hall–Kier alpha value is -1.07. The van der Waals surface area contributed by atoms with Crippen LogP contribution < -0.4 is 5.73 Å². The summed E-state index contributed by atoms with van der Waals surface area (Å²) in [5.74, 6) is 1.14. The maximum Gasteiger partial charge on any atom is 0.243 e. The van der Waals surface area contributed by atoms with Gasteiger partial charge >= 0.3 is 0 Å². The van der Waals surface area contributed by atoms with E-state index in [2.05, 4.69) is 6.92 Å². The normalized spacial score (nSPS) is 21.8. The van der Waals surface area contributed by atoms with Crippen molar-refractivity contribution in [1.29, 1.82) is 0 Å². The van der Waals surface area contributed by atoms with Gasteiger partial charge in [-0.15, -0.1) is 0 Å². The summed E-state index contributed by atoms with van der Waals surface area (Å²) in [6.45, 7) is 6.72. The number of rotatable bonds is 6. The van der Waals surface area contributed by atoms with Crippen molar-refractivity contribution in [3.8, 4) is 0 Å². The molecule has 1 aromatic rings. The fourth-order valence-corrected chi connectivity index (χ4v) is 4.39. The summed E-state index contributed by atoms with van der Waals surface area (Å²) in [6.07, 6.45) is 2.52. The van der Waals surface area contributed by atoms with Crippen LogP contribution in [0.4, 0.5) is 5.69 Å². The monoisotopic (exact) mass is 310 g/mol. The van der Waals surface area contributed by atoms with E-state index in [0.717, 1.165) is 24.0 Å². The molecule has 1 aliphatic carbocycles. The number of anilines is 1. The molecule has 2 rings (SSSR count). The van der Waals surface area contributed by atoms with Crippen molar-refractivity contribution < 1.29 is 8.42 Å². The maximum atomic E-state index is 12.9. The summed E-state index contributed by atoms with van der Waals surface area (Å²) in [5.41, 5.74) is 8.35. The first kappa shape index (κ1) is 16.3. The second-order valence-corrected chi connectivity index (χ2v) is 8.14. The van der Waals surface area contributed by atoms with E-state index in [1.54, 1.807) is 13.1 Å². The standard InChI is InChI=1S/C16H26N2O2S/c1-5-12-8-15(17)14(6-2)16(9-12)21(19,20)18(4)10-13-7-11(13)3/h8-9,11,13H,5-7,10,17H2,1-4H3. The Morgan fingerprint density at radius 3 is 2.38 bits per heavy atom. The molecule has 21 heavy (non-hydrogen) atoms. The van der Waals surface area contributed by atoms with Gasteiger partial charge in [-0.05, 0) is 54.4 Å². The van der Waals surface area contributed by atoms with E-state index in [9.17, 15) is 8.42 Å². The minimum Gasteiger partial charge on any atom is -0.398 e. The van der Waals surface area contributed by atoms with Gasteiger partial charge < -0.3 is 5.73 Å². The van der Waals surface area contributed by atoms with Gasteiger partial charge in [0.25, 0.3) is 0 Å². The van der Waals surface area contributed by atoms with Crippen molar-refractivity contribution in [3.63, 3.8) is 0 Å². The quantitative estimate of drug-likeness (QED) is 0.822. The lowest BCUT2D eigenvalue weighted by Crippen LogP contribution is -2.30. The van der Waals surface area contributed by atoms with E-state index in [0.29, 0.717) is 35.4 Å². The Morgan fingerprint density at radius 2 is 1.90 bits per heavy atom. The molecule has 1 saturated carbocycles. The lowest BCUT2D eigenvalue weighted by molar-refractivity contribution is 0.444. The van der Waals surface area contributed by atoms with Gasteiger partial charge in [-0.3, -0.25) is 0 Å². The summed E-state index contributed by atoms with van der Waals surface area (Å²) < 4.78 is 27.2. The molecule has 4 nitrogen and oxygen atoms in total. The van der Waals surface area contributed by atoms with Crippen molar-refractivity contribution in [1.82, 2.24) is 4.31 Å². The average molecular weight is 310 g/mol. The molecule has 0 amide bonds. The second-order valence-electron chi connectivity index (χ2n) is 6.13. The van der Waals surface area contributed by atoms with Crippen LogP contribution in [0, 0.1) is 11.8 Å². The van der Waals surface area contributed by atoms with Gasteiger partial charge in [-0.25, -0.2) is 12.7 Å². The highest BCUT2D eigenvalue weighted by Crippen LogP contribution is 2.39. The minimum absolute atomic E-state index is 0.387.